The number of thiazole rings is 1. The molecular formula is C17H16N4OS. The van der Waals surface area contributed by atoms with Gasteiger partial charge >= 0.3 is 6.03 Å². The topological polar surface area (TPSA) is 66.9 Å². The molecule has 0 fully saturated rings. The number of nitrogens with zero attached hydrogens (tertiary/aromatic N) is 2. The number of hydrogen-bond donors (Lipinski definition) is 2. The second-order valence-electron chi connectivity index (χ2n) is 5.00. The molecule has 6 heteroatoms. The largest absolute Gasteiger partial charge is 0.331 e. The number of pyridine rings is 1. The Balaban J connectivity index is 1.61. The number of rotatable bonds is 4. The number of urea groups is 1. The van der Waals surface area contributed by atoms with Gasteiger partial charge in [-0.15, -0.1) is 11.3 Å². The Morgan fingerprint density at radius 1 is 1.13 bits per heavy atom. The highest BCUT2D eigenvalue weighted by molar-refractivity contribution is 7.14. The van der Waals surface area contributed by atoms with Crippen molar-refractivity contribution in [3.8, 4) is 11.3 Å². The average Bonchev–Trinajstić information content (AvgIpc) is 3.04. The first-order chi connectivity index (χ1) is 11.2. The second-order valence-corrected chi connectivity index (χ2v) is 5.86. The fourth-order valence-corrected chi connectivity index (χ4v) is 2.85. The molecule has 0 bridgehead atoms. The molecule has 3 aromatic rings. The van der Waals surface area contributed by atoms with E-state index in [2.05, 4.69) is 20.6 Å². The van der Waals surface area contributed by atoms with Gasteiger partial charge in [-0.05, 0) is 24.6 Å². The number of nitrogens with one attached hydrogen (secondary N) is 2. The van der Waals surface area contributed by atoms with Gasteiger partial charge in [0.15, 0.2) is 5.13 Å². The standard InChI is InChI=1S/C17H16N4OS/c1-12(13-7-9-18-10-8-13)19-16(22)21-17-20-15(11-23-17)14-5-3-2-4-6-14/h2-12H,1H3,(H2,19,20,21,22). The van der Waals surface area contributed by atoms with Crippen molar-refractivity contribution in [2.24, 2.45) is 0 Å². The average molecular weight is 324 g/mol. The lowest BCUT2D eigenvalue weighted by Crippen LogP contribution is -2.31. The molecule has 0 aliphatic carbocycles. The minimum absolute atomic E-state index is 0.105. The van der Waals surface area contributed by atoms with Crippen molar-refractivity contribution in [3.63, 3.8) is 0 Å². The van der Waals surface area contributed by atoms with Crippen LogP contribution in [0, 0.1) is 0 Å². The van der Waals surface area contributed by atoms with Gasteiger partial charge in [0.25, 0.3) is 0 Å². The molecule has 2 heterocycles. The fourth-order valence-electron chi connectivity index (χ4n) is 2.14. The summed E-state index contributed by atoms with van der Waals surface area (Å²) in [5.74, 6) is 0. The Labute approximate surface area is 138 Å². The molecule has 0 spiro atoms. The summed E-state index contributed by atoms with van der Waals surface area (Å²) in [6.07, 6.45) is 3.41. The molecule has 23 heavy (non-hydrogen) atoms. The van der Waals surface area contributed by atoms with E-state index in [0.717, 1.165) is 16.8 Å². The number of aromatic nitrogens is 2. The lowest BCUT2D eigenvalue weighted by Gasteiger charge is -2.13. The first kappa shape index (κ1) is 15.2. The number of benzene rings is 1. The highest BCUT2D eigenvalue weighted by atomic mass is 32.1. The van der Waals surface area contributed by atoms with Crippen molar-refractivity contribution >= 4 is 22.5 Å². The first-order valence-electron chi connectivity index (χ1n) is 7.21. The Hall–Kier alpha value is -2.73. The highest BCUT2D eigenvalue weighted by Gasteiger charge is 2.11. The molecule has 1 atom stereocenters. The SMILES string of the molecule is CC(NC(=O)Nc1nc(-c2ccccc2)cs1)c1ccncc1. The predicted octanol–water partition coefficient (Wildman–Crippen LogP) is 4.09. The molecule has 2 aromatic heterocycles. The number of amides is 2. The molecule has 2 amide bonds. The van der Waals surface area contributed by atoms with Crippen LogP contribution in [0.15, 0.2) is 60.2 Å². The highest BCUT2D eigenvalue weighted by Crippen LogP contribution is 2.24. The summed E-state index contributed by atoms with van der Waals surface area (Å²) >= 11 is 1.40. The van der Waals surface area contributed by atoms with Crippen LogP contribution < -0.4 is 10.6 Å². The lowest BCUT2D eigenvalue weighted by molar-refractivity contribution is 0.249. The van der Waals surface area contributed by atoms with Crippen molar-refractivity contribution in [2.45, 2.75) is 13.0 Å². The smallest absolute Gasteiger partial charge is 0.321 e. The zero-order valence-electron chi connectivity index (χ0n) is 12.6. The van der Waals surface area contributed by atoms with Crippen molar-refractivity contribution in [2.75, 3.05) is 5.32 Å². The van der Waals surface area contributed by atoms with Gasteiger partial charge in [0.1, 0.15) is 0 Å². The van der Waals surface area contributed by atoms with Crippen LogP contribution >= 0.6 is 11.3 Å². The summed E-state index contributed by atoms with van der Waals surface area (Å²) in [6, 6.07) is 13.2. The van der Waals surface area contributed by atoms with E-state index in [9.17, 15) is 4.79 Å². The van der Waals surface area contributed by atoms with Crippen LogP contribution in [0.5, 0.6) is 0 Å². The van der Waals surface area contributed by atoms with Gasteiger partial charge < -0.3 is 5.32 Å². The van der Waals surface area contributed by atoms with Crippen molar-refractivity contribution in [1.29, 1.82) is 0 Å². The maximum Gasteiger partial charge on any atom is 0.321 e. The quantitative estimate of drug-likeness (QED) is 0.759. The molecule has 0 saturated heterocycles. The number of hydrogen-bond acceptors (Lipinski definition) is 4. The van der Waals surface area contributed by atoms with Crippen molar-refractivity contribution < 1.29 is 4.79 Å². The Bertz CT molecular complexity index is 774. The molecule has 0 saturated carbocycles. The third kappa shape index (κ3) is 3.92. The van der Waals surface area contributed by atoms with E-state index < -0.39 is 0 Å². The molecule has 3 rings (SSSR count). The molecule has 0 radical (unpaired) electrons. The second kappa shape index (κ2) is 7.02. The summed E-state index contributed by atoms with van der Waals surface area (Å²) in [4.78, 5) is 20.5. The van der Waals surface area contributed by atoms with E-state index in [4.69, 9.17) is 0 Å². The van der Waals surface area contributed by atoms with Gasteiger partial charge in [0.2, 0.25) is 0 Å². The predicted molar refractivity (Wildman–Crippen MR) is 92.4 cm³/mol. The minimum atomic E-state index is -0.275. The molecule has 1 aromatic carbocycles. The fraction of sp³-hybridized carbons (Fsp3) is 0.118. The monoisotopic (exact) mass is 324 g/mol. The van der Waals surface area contributed by atoms with Gasteiger partial charge in [-0.1, -0.05) is 30.3 Å². The van der Waals surface area contributed by atoms with Crippen LogP contribution in [0.2, 0.25) is 0 Å². The van der Waals surface area contributed by atoms with Crippen LogP contribution in [-0.2, 0) is 0 Å². The van der Waals surface area contributed by atoms with Crippen LogP contribution in [0.4, 0.5) is 9.93 Å². The van der Waals surface area contributed by atoms with Gasteiger partial charge in [-0.2, -0.15) is 0 Å². The Morgan fingerprint density at radius 3 is 2.61 bits per heavy atom. The summed E-state index contributed by atoms with van der Waals surface area (Å²) in [5.41, 5.74) is 2.88. The van der Waals surface area contributed by atoms with E-state index in [1.807, 2.05) is 54.8 Å². The normalized spacial score (nSPS) is 11.7. The van der Waals surface area contributed by atoms with Gasteiger partial charge in [0.05, 0.1) is 11.7 Å². The summed E-state index contributed by atoms with van der Waals surface area (Å²) < 4.78 is 0. The van der Waals surface area contributed by atoms with Crippen molar-refractivity contribution in [3.05, 3.63) is 65.8 Å². The number of carbonyl (C=O) groups is 1. The number of carbonyl (C=O) groups excluding carboxylic acids is 1. The van der Waals surface area contributed by atoms with Crippen LogP contribution in [0.3, 0.4) is 0 Å². The third-order valence-corrected chi connectivity index (χ3v) is 4.11. The lowest BCUT2D eigenvalue weighted by atomic mass is 10.1. The molecule has 1 unspecified atom stereocenters. The maximum absolute atomic E-state index is 12.1. The Morgan fingerprint density at radius 2 is 1.87 bits per heavy atom. The summed E-state index contributed by atoms with van der Waals surface area (Å²) in [6.45, 7) is 1.92. The molecule has 2 N–H and O–H groups in total. The van der Waals surface area contributed by atoms with E-state index >= 15 is 0 Å². The molecule has 5 nitrogen and oxygen atoms in total. The zero-order chi connectivity index (χ0) is 16.1. The minimum Gasteiger partial charge on any atom is -0.331 e. The van der Waals surface area contributed by atoms with Crippen molar-refractivity contribution in [1.82, 2.24) is 15.3 Å². The Kier molecular flexibility index (Phi) is 4.63. The maximum atomic E-state index is 12.1. The molecule has 0 aliphatic heterocycles. The molecule has 116 valence electrons. The van der Waals surface area contributed by atoms with Crippen LogP contribution in [0.25, 0.3) is 11.3 Å². The van der Waals surface area contributed by atoms with Gasteiger partial charge in [-0.25, -0.2) is 9.78 Å². The van der Waals surface area contributed by atoms with E-state index in [0.29, 0.717) is 5.13 Å². The third-order valence-electron chi connectivity index (χ3n) is 3.35. The van der Waals surface area contributed by atoms with E-state index in [-0.39, 0.29) is 12.1 Å². The zero-order valence-corrected chi connectivity index (χ0v) is 13.4. The van der Waals surface area contributed by atoms with E-state index in [1.54, 1.807) is 12.4 Å². The molecule has 0 aliphatic rings. The molecular weight excluding hydrogens is 308 g/mol. The van der Waals surface area contributed by atoms with Crippen LogP contribution in [0.1, 0.15) is 18.5 Å². The van der Waals surface area contributed by atoms with E-state index in [1.165, 1.54) is 11.3 Å². The summed E-state index contributed by atoms with van der Waals surface area (Å²) in [7, 11) is 0. The van der Waals surface area contributed by atoms with Gasteiger partial charge in [-0.3, -0.25) is 10.3 Å². The number of anilines is 1. The van der Waals surface area contributed by atoms with Gasteiger partial charge in [0, 0.05) is 23.3 Å². The van der Waals surface area contributed by atoms with Crippen LogP contribution in [-0.4, -0.2) is 16.0 Å². The first-order valence-corrected chi connectivity index (χ1v) is 8.09. The summed E-state index contributed by atoms with van der Waals surface area (Å²) in [5, 5.41) is 8.16.